The van der Waals surface area contributed by atoms with Crippen LogP contribution in [0.1, 0.15) is 77.3 Å². The Kier molecular flexibility index (Phi) is 5.10. The molecular weight excluding hydrogens is 268 g/mol. The molecule has 1 aliphatic rings. The topological polar surface area (TPSA) is 24.4 Å². The fraction of sp³-hybridized carbons (Fsp3) is 0.550. The van der Waals surface area contributed by atoms with Gasteiger partial charge < -0.3 is 5.32 Å². The molecular formula is C20H30N2. The SMILES string of the molecule is CC(C)c1cccc(C(C)C)c1NC(C)(C)C1=NC=CCC1. The molecule has 2 heteroatoms. The highest BCUT2D eigenvalue weighted by Crippen LogP contribution is 2.35. The van der Waals surface area contributed by atoms with Gasteiger partial charge in [-0.3, -0.25) is 4.99 Å². The third-order valence-corrected chi connectivity index (χ3v) is 4.42. The van der Waals surface area contributed by atoms with Crippen molar-refractivity contribution >= 4 is 11.4 Å². The number of nitrogens with zero attached hydrogens (tertiary/aromatic N) is 1. The van der Waals surface area contributed by atoms with Gasteiger partial charge in [0, 0.05) is 17.6 Å². The maximum Gasteiger partial charge on any atom is 0.0700 e. The maximum atomic E-state index is 4.62. The molecule has 2 rings (SSSR count). The van der Waals surface area contributed by atoms with E-state index in [1.54, 1.807) is 0 Å². The van der Waals surface area contributed by atoms with Crippen LogP contribution in [0.3, 0.4) is 0 Å². The van der Waals surface area contributed by atoms with Crippen LogP contribution in [0.2, 0.25) is 0 Å². The molecule has 120 valence electrons. The van der Waals surface area contributed by atoms with Gasteiger partial charge in [-0.1, -0.05) is 52.0 Å². The highest BCUT2D eigenvalue weighted by molar-refractivity contribution is 5.96. The summed E-state index contributed by atoms with van der Waals surface area (Å²) in [7, 11) is 0. The van der Waals surface area contributed by atoms with Crippen molar-refractivity contribution in [3.8, 4) is 0 Å². The molecule has 1 aromatic rings. The highest BCUT2D eigenvalue weighted by Gasteiger charge is 2.27. The van der Waals surface area contributed by atoms with Crippen molar-refractivity contribution in [2.45, 2.75) is 71.8 Å². The molecule has 22 heavy (non-hydrogen) atoms. The molecule has 0 aliphatic carbocycles. The van der Waals surface area contributed by atoms with Crippen LogP contribution in [0.4, 0.5) is 5.69 Å². The second-order valence-electron chi connectivity index (χ2n) is 7.37. The molecule has 1 aliphatic heterocycles. The quantitative estimate of drug-likeness (QED) is 0.722. The lowest BCUT2D eigenvalue weighted by Gasteiger charge is -2.33. The van der Waals surface area contributed by atoms with Gasteiger partial charge in [0.05, 0.1) is 5.54 Å². The van der Waals surface area contributed by atoms with Gasteiger partial charge in [-0.2, -0.15) is 0 Å². The van der Waals surface area contributed by atoms with Crippen molar-refractivity contribution in [3.63, 3.8) is 0 Å². The number of allylic oxidation sites excluding steroid dienone is 1. The van der Waals surface area contributed by atoms with E-state index in [0.29, 0.717) is 11.8 Å². The minimum Gasteiger partial charge on any atom is -0.374 e. The van der Waals surface area contributed by atoms with Crippen LogP contribution >= 0.6 is 0 Å². The summed E-state index contributed by atoms with van der Waals surface area (Å²) in [6.45, 7) is 13.5. The van der Waals surface area contributed by atoms with Crippen molar-refractivity contribution < 1.29 is 0 Å². The molecule has 1 N–H and O–H groups in total. The first kappa shape index (κ1) is 16.8. The van der Waals surface area contributed by atoms with E-state index in [1.807, 2.05) is 6.20 Å². The van der Waals surface area contributed by atoms with Crippen molar-refractivity contribution in [2.24, 2.45) is 4.99 Å². The summed E-state index contributed by atoms with van der Waals surface area (Å²) >= 11 is 0. The summed E-state index contributed by atoms with van der Waals surface area (Å²) in [6, 6.07) is 6.68. The van der Waals surface area contributed by atoms with Gasteiger partial charge in [-0.25, -0.2) is 0 Å². The van der Waals surface area contributed by atoms with Crippen LogP contribution in [0.25, 0.3) is 0 Å². The highest BCUT2D eigenvalue weighted by atomic mass is 15.0. The third kappa shape index (κ3) is 3.60. The molecule has 0 atom stereocenters. The van der Waals surface area contributed by atoms with Gasteiger partial charge in [-0.15, -0.1) is 0 Å². The van der Waals surface area contributed by atoms with Crippen LogP contribution in [-0.4, -0.2) is 11.3 Å². The second kappa shape index (κ2) is 6.68. The summed E-state index contributed by atoms with van der Waals surface area (Å²) in [5, 5.41) is 3.82. The van der Waals surface area contributed by atoms with Crippen molar-refractivity contribution in [3.05, 3.63) is 41.6 Å². The van der Waals surface area contributed by atoms with Gasteiger partial charge in [0.15, 0.2) is 0 Å². The van der Waals surface area contributed by atoms with Crippen molar-refractivity contribution in [1.29, 1.82) is 0 Å². The fourth-order valence-electron chi connectivity index (χ4n) is 3.06. The smallest absolute Gasteiger partial charge is 0.0700 e. The Labute approximate surface area is 135 Å². The standard InChI is InChI=1S/C20H30N2/c1-14(2)16-10-9-11-17(15(3)4)19(16)22-20(5,6)18-12-7-8-13-21-18/h8-11,13-15,22H,7,12H2,1-6H3. The predicted octanol–water partition coefficient (Wildman–Crippen LogP) is 5.87. The lowest BCUT2D eigenvalue weighted by molar-refractivity contribution is 0.719. The Bertz CT molecular complexity index is 551. The van der Waals surface area contributed by atoms with Crippen LogP contribution < -0.4 is 5.32 Å². The van der Waals surface area contributed by atoms with Crippen LogP contribution in [-0.2, 0) is 0 Å². The third-order valence-electron chi connectivity index (χ3n) is 4.42. The Morgan fingerprint density at radius 2 is 1.64 bits per heavy atom. The Morgan fingerprint density at radius 3 is 2.09 bits per heavy atom. The summed E-state index contributed by atoms with van der Waals surface area (Å²) in [6.07, 6.45) is 6.21. The molecule has 0 bridgehead atoms. The predicted molar refractivity (Wildman–Crippen MR) is 98.1 cm³/mol. The average molecular weight is 298 g/mol. The lowest BCUT2D eigenvalue weighted by Crippen LogP contribution is -2.41. The molecule has 0 amide bonds. The number of hydrogen-bond acceptors (Lipinski definition) is 2. The summed E-state index contributed by atoms with van der Waals surface area (Å²) < 4.78 is 0. The van der Waals surface area contributed by atoms with Gasteiger partial charge in [0.1, 0.15) is 0 Å². The first-order valence-corrected chi connectivity index (χ1v) is 8.46. The molecule has 0 saturated carbocycles. The molecule has 0 spiro atoms. The van der Waals surface area contributed by atoms with Crippen molar-refractivity contribution in [1.82, 2.24) is 0 Å². The van der Waals surface area contributed by atoms with Crippen LogP contribution in [0, 0.1) is 0 Å². The van der Waals surface area contributed by atoms with E-state index in [-0.39, 0.29) is 5.54 Å². The number of anilines is 1. The fourth-order valence-corrected chi connectivity index (χ4v) is 3.06. The number of rotatable bonds is 5. The minimum atomic E-state index is -0.126. The zero-order chi connectivity index (χ0) is 16.3. The van der Waals surface area contributed by atoms with E-state index in [0.717, 1.165) is 12.8 Å². The number of benzene rings is 1. The van der Waals surface area contributed by atoms with E-state index in [4.69, 9.17) is 0 Å². The largest absolute Gasteiger partial charge is 0.374 e. The number of nitrogens with one attached hydrogen (secondary N) is 1. The molecule has 0 aromatic heterocycles. The number of para-hydroxylation sites is 1. The van der Waals surface area contributed by atoms with Gasteiger partial charge in [-0.05, 0) is 49.7 Å². The summed E-state index contributed by atoms with van der Waals surface area (Å²) in [5.74, 6) is 1.01. The zero-order valence-electron chi connectivity index (χ0n) is 14.9. The zero-order valence-corrected chi connectivity index (χ0v) is 14.9. The second-order valence-corrected chi connectivity index (χ2v) is 7.37. The van der Waals surface area contributed by atoms with Gasteiger partial charge >= 0.3 is 0 Å². The Balaban J connectivity index is 2.42. The maximum absolute atomic E-state index is 4.62. The molecule has 0 saturated heterocycles. The molecule has 0 radical (unpaired) electrons. The van der Waals surface area contributed by atoms with E-state index in [2.05, 4.69) is 76.1 Å². The molecule has 1 heterocycles. The number of aliphatic imine (C=N–C) groups is 1. The average Bonchev–Trinajstić information content (AvgIpc) is 2.47. The van der Waals surface area contributed by atoms with Gasteiger partial charge in [0.2, 0.25) is 0 Å². The first-order chi connectivity index (χ1) is 10.3. The van der Waals surface area contributed by atoms with Crippen molar-refractivity contribution in [2.75, 3.05) is 5.32 Å². The lowest BCUT2D eigenvalue weighted by atomic mass is 9.88. The van der Waals surface area contributed by atoms with E-state index >= 15 is 0 Å². The van der Waals surface area contributed by atoms with Gasteiger partial charge in [0.25, 0.3) is 0 Å². The molecule has 0 unspecified atom stereocenters. The normalized spacial score (nSPS) is 15.4. The minimum absolute atomic E-state index is 0.126. The first-order valence-electron chi connectivity index (χ1n) is 8.46. The molecule has 2 nitrogen and oxygen atoms in total. The Morgan fingerprint density at radius 1 is 1.05 bits per heavy atom. The Hall–Kier alpha value is -1.57. The van der Waals surface area contributed by atoms with E-state index in [1.165, 1.54) is 22.5 Å². The summed E-state index contributed by atoms with van der Waals surface area (Å²) in [4.78, 5) is 4.62. The van der Waals surface area contributed by atoms with E-state index < -0.39 is 0 Å². The van der Waals surface area contributed by atoms with Crippen LogP contribution in [0.5, 0.6) is 0 Å². The van der Waals surface area contributed by atoms with E-state index in [9.17, 15) is 0 Å². The molecule has 0 fully saturated rings. The summed E-state index contributed by atoms with van der Waals surface area (Å²) in [5.41, 5.74) is 5.20. The number of hydrogen-bond donors (Lipinski definition) is 1. The monoisotopic (exact) mass is 298 g/mol. The van der Waals surface area contributed by atoms with Crippen LogP contribution in [0.15, 0.2) is 35.5 Å². The molecule has 1 aromatic carbocycles.